The van der Waals surface area contributed by atoms with Crippen LogP contribution in [0.3, 0.4) is 0 Å². The van der Waals surface area contributed by atoms with Gasteiger partial charge in [0, 0.05) is 25.6 Å². The first-order valence-electron chi connectivity index (χ1n) is 10.0. The second kappa shape index (κ2) is 9.24. The van der Waals surface area contributed by atoms with Crippen LogP contribution in [-0.2, 0) is 11.2 Å². The summed E-state index contributed by atoms with van der Waals surface area (Å²) >= 11 is 0. The van der Waals surface area contributed by atoms with Crippen molar-refractivity contribution in [3.8, 4) is 5.75 Å². The predicted octanol–water partition coefficient (Wildman–Crippen LogP) is 4.47. The van der Waals surface area contributed by atoms with Crippen LogP contribution >= 0.6 is 0 Å². The van der Waals surface area contributed by atoms with Crippen LogP contribution in [0.1, 0.15) is 36.0 Å². The molecule has 1 saturated heterocycles. The zero-order chi connectivity index (χ0) is 21.8. The number of carbonyl (C=O) groups is 1. The molecule has 1 fully saturated rings. The van der Waals surface area contributed by atoms with Crippen molar-refractivity contribution in [2.24, 2.45) is 0 Å². The van der Waals surface area contributed by atoms with E-state index < -0.39 is 11.6 Å². The Morgan fingerprint density at radius 3 is 2.68 bits per heavy atom. The second-order valence-electron chi connectivity index (χ2n) is 7.51. The van der Waals surface area contributed by atoms with Crippen LogP contribution < -0.4 is 4.74 Å². The van der Waals surface area contributed by atoms with Gasteiger partial charge in [0.05, 0.1) is 12.1 Å². The van der Waals surface area contributed by atoms with Crippen LogP contribution in [0.5, 0.6) is 5.75 Å². The average molecular weight is 430 g/mol. The molecule has 1 atom stereocenters. The van der Waals surface area contributed by atoms with Crippen molar-refractivity contribution in [1.29, 1.82) is 0 Å². The zero-order valence-corrected chi connectivity index (χ0v) is 16.7. The van der Waals surface area contributed by atoms with Gasteiger partial charge in [0.15, 0.2) is 24.1 Å². The molecule has 0 N–H and O–H groups in total. The second-order valence-corrected chi connectivity index (χ2v) is 7.51. The molecule has 0 aliphatic carbocycles. The minimum atomic E-state index is -0.849. The molecule has 4 rings (SSSR count). The number of ether oxygens (including phenoxy) is 1. The molecule has 8 heteroatoms. The fraction of sp³-hybridized carbons (Fsp3) is 0.304. The number of aromatic nitrogens is 1. The Labute approximate surface area is 177 Å². The largest absolute Gasteiger partial charge is 0.481 e. The lowest BCUT2D eigenvalue weighted by Crippen LogP contribution is -2.41. The SMILES string of the molecule is O=C(COc1ccc(F)cc1F)N1CCCC(c2ncc(Cc3ccc(F)cc3)o2)C1. The van der Waals surface area contributed by atoms with Gasteiger partial charge in [-0.1, -0.05) is 12.1 Å². The van der Waals surface area contributed by atoms with E-state index >= 15 is 0 Å². The first kappa shape index (κ1) is 21.0. The molecule has 0 spiro atoms. The summed E-state index contributed by atoms with van der Waals surface area (Å²) in [5, 5.41) is 0. The van der Waals surface area contributed by atoms with Crippen LogP contribution in [-0.4, -0.2) is 35.5 Å². The number of halogens is 3. The molecule has 2 heterocycles. The molecule has 1 aliphatic heterocycles. The maximum Gasteiger partial charge on any atom is 0.260 e. The standard InChI is InChI=1S/C23H21F3N2O3/c24-17-5-3-15(4-6-17)10-19-12-27-23(31-19)16-2-1-9-28(13-16)22(29)14-30-21-8-7-18(25)11-20(21)26/h3-8,11-12,16H,1-2,9-10,13-14H2. The van der Waals surface area contributed by atoms with Gasteiger partial charge in [-0.05, 0) is 42.7 Å². The fourth-order valence-electron chi connectivity index (χ4n) is 3.62. The van der Waals surface area contributed by atoms with E-state index in [9.17, 15) is 18.0 Å². The smallest absolute Gasteiger partial charge is 0.260 e. The molecule has 5 nitrogen and oxygen atoms in total. The van der Waals surface area contributed by atoms with Crippen LogP contribution in [0, 0.1) is 17.5 Å². The van der Waals surface area contributed by atoms with Crippen molar-refractivity contribution in [3.63, 3.8) is 0 Å². The summed E-state index contributed by atoms with van der Waals surface area (Å²) in [6.45, 7) is 0.648. The lowest BCUT2D eigenvalue weighted by atomic mass is 9.98. The van der Waals surface area contributed by atoms with E-state index in [4.69, 9.17) is 9.15 Å². The monoisotopic (exact) mass is 430 g/mol. The van der Waals surface area contributed by atoms with Crippen molar-refractivity contribution in [2.75, 3.05) is 19.7 Å². The number of hydrogen-bond donors (Lipinski definition) is 0. The van der Waals surface area contributed by atoms with Gasteiger partial charge < -0.3 is 14.1 Å². The Kier molecular flexibility index (Phi) is 6.25. The van der Waals surface area contributed by atoms with Gasteiger partial charge in [0.25, 0.3) is 5.91 Å². The van der Waals surface area contributed by atoms with Crippen LogP contribution in [0.15, 0.2) is 53.1 Å². The normalized spacial score (nSPS) is 16.4. The van der Waals surface area contributed by atoms with Crippen LogP contribution in [0.4, 0.5) is 13.2 Å². The van der Waals surface area contributed by atoms with E-state index in [0.717, 1.165) is 30.5 Å². The van der Waals surface area contributed by atoms with E-state index in [1.807, 2.05) is 0 Å². The third-order valence-electron chi connectivity index (χ3n) is 5.23. The fourth-order valence-corrected chi connectivity index (χ4v) is 3.62. The molecule has 1 aromatic heterocycles. The minimum Gasteiger partial charge on any atom is -0.481 e. The first-order chi connectivity index (χ1) is 15.0. The van der Waals surface area contributed by atoms with Crippen LogP contribution in [0.2, 0.25) is 0 Å². The van der Waals surface area contributed by atoms with Gasteiger partial charge >= 0.3 is 0 Å². The average Bonchev–Trinajstić information content (AvgIpc) is 3.23. The van der Waals surface area contributed by atoms with Crippen molar-refractivity contribution >= 4 is 5.91 Å². The summed E-state index contributed by atoms with van der Waals surface area (Å²) < 4.78 is 50.8. The first-order valence-corrected chi connectivity index (χ1v) is 10.0. The third kappa shape index (κ3) is 5.25. The highest BCUT2D eigenvalue weighted by Gasteiger charge is 2.28. The van der Waals surface area contributed by atoms with Crippen molar-refractivity contribution < 1.29 is 27.1 Å². The molecular formula is C23H21F3N2O3. The van der Waals surface area contributed by atoms with Crippen LogP contribution in [0.25, 0.3) is 0 Å². The highest BCUT2D eigenvalue weighted by Crippen LogP contribution is 2.27. The molecule has 162 valence electrons. The number of amides is 1. The molecule has 1 unspecified atom stereocenters. The quantitative estimate of drug-likeness (QED) is 0.579. The Bertz CT molecular complexity index is 1050. The summed E-state index contributed by atoms with van der Waals surface area (Å²) in [5.41, 5.74) is 0.912. The molecule has 0 bridgehead atoms. The summed E-state index contributed by atoms with van der Waals surface area (Å²) in [5.74, 6) is -1.13. The maximum absolute atomic E-state index is 13.7. The van der Waals surface area contributed by atoms with Gasteiger partial charge in [-0.25, -0.2) is 18.2 Å². The molecule has 1 aliphatic rings. The van der Waals surface area contributed by atoms with E-state index in [-0.39, 0.29) is 30.0 Å². The minimum absolute atomic E-state index is 0.0535. The Balaban J connectivity index is 1.34. The van der Waals surface area contributed by atoms with Crippen molar-refractivity contribution in [1.82, 2.24) is 9.88 Å². The topological polar surface area (TPSA) is 55.6 Å². The zero-order valence-electron chi connectivity index (χ0n) is 16.7. The van der Waals surface area contributed by atoms with E-state index in [1.165, 1.54) is 12.1 Å². The van der Waals surface area contributed by atoms with Gasteiger partial charge in [-0.2, -0.15) is 0 Å². The molecule has 0 radical (unpaired) electrons. The number of benzene rings is 2. The Morgan fingerprint density at radius 1 is 1.13 bits per heavy atom. The number of rotatable bonds is 6. The molecule has 2 aromatic carbocycles. The summed E-state index contributed by atoms with van der Waals surface area (Å²) in [7, 11) is 0. The number of hydrogen-bond acceptors (Lipinski definition) is 4. The number of likely N-dealkylation sites (tertiary alicyclic amines) is 1. The Morgan fingerprint density at radius 2 is 1.90 bits per heavy atom. The lowest BCUT2D eigenvalue weighted by molar-refractivity contribution is -0.134. The molecule has 0 saturated carbocycles. The molecular weight excluding hydrogens is 409 g/mol. The Hall–Kier alpha value is -3.29. The van der Waals surface area contributed by atoms with E-state index in [0.29, 0.717) is 37.2 Å². The molecule has 3 aromatic rings. The summed E-state index contributed by atoms with van der Waals surface area (Å²) in [6, 6.07) is 9.14. The number of oxazole rings is 1. The number of nitrogens with zero attached hydrogens (tertiary/aromatic N) is 2. The summed E-state index contributed by atoms with van der Waals surface area (Å²) in [4.78, 5) is 18.5. The highest BCUT2D eigenvalue weighted by atomic mass is 19.1. The predicted molar refractivity (Wildman–Crippen MR) is 106 cm³/mol. The summed E-state index contributed by atoms with van der Waals surface area (Å²) in [6.07, 6.45) is 3.75. The van der Waals surface area contributed by atoms with Gasteiger partial charge in [-0.15, -0.1) is 0 Å². The number of piperidine rings is 1. The van der Waals surface area contributed by atoms with Gasteiger partial charge in [0.2, 0.25) is 0 Å². The maximum atomic E-state index is 13.7. The van der Waals surface area contributed by atoms with Crippen molar-refractivity contribution in [3.05, 3.63) is 83.3 Å². The van der Waals surface area contributed by atoms with E-state index in [1.54, 1.807) is 23.2 Å². The van der Waals surface area contributed by atoms with Gasteiger partial charge in [0.1, 0.15) is 17.4 Å². The number of carbonyl (C=O) groups excluding carboxylic acids is 1. The highest BCUT2D eigenvalue weighted by molar-refractivity contribution is 5.78. The van der Waals surface area contributed by atoms with Gasteiger partial charge in [-0.3, -0.25) is 4.79 Å². The molecule has 31 heavy (non-hydrogen) atoms. The third-order valence-corrected chi connectivity index (χ3v) is 5.23. The molecule has 1 amide bonds. The van der Waals surface area contributed by atoms with Crippen molar-refractivity contribution in [2.45, 2.75) is 25.2 Å². The van der Waals surface area contributed by atoms with E-state index in [2.05, 4.69) is 4.98 Å². The lowest BCUT2D eigenvalue weighted by Gasteiger charge is -2.31.